The molecule has 0 spiro atoms. The van der Waals surface area contributed by atoms with Crippen LogP contribution < -0.4 is 10.6 Å². The van der Waals surface area contributed by atoms with Gasteiger partial charge in [-0.3, -0.25) is 4.68 Å². The second-order valence-electron chi connectivity index (χ2n) is 5.12. The Morgan fingerprint density at radius 1 is 1.56 bits per heavy atom. The van der Waals surface area contributed by atoms with E-state index < -0.39 is 0 Å². The number of aromatic nitrogens is 2. The average molecular weight is 252 g/mol. The Bertz CT molecular complexity index is 396. The topological polar surface area (TPSA) is 56.3 Å². The highest BCUT2D eigenvalue weighted by atomic mass is 16.5. The van der Waals surface area contributed by atoms with Crippen molar-refractivity contribution in [1.82, 2.24) is 9.78 Å². The molecule has 1 aliphatic heterocycles. The van der Waals surface area contributed by atoms with Crippen LogP contribution in [0.5, 0.6) is 0 Å². The molecule has 102 valence electrons. The van der Waals surface area contributed by atoms with E-state index in [9.17, 15) is 0 Å². The number of nitrogen functional groups attached to an aromatic ring is 1. The van der Waals surface area contributed by atoms with Gasteiger partial charge in [0.15, 0.2) is 0 Å². The molecule has 5 nitrogen and oxygen atoms in total. The summed E-state index contributed by atoms with van der Waals surface area (Å²) in [6, 6.07) is 0. The van der Waals surface area contributed by atoms with Crippen LogP contribution in [0.1, 0.15) is 25.5 Å². The van der Waals surface area contributed by atoms with Crippen molar-refractivity contribution in [1.29, 1.82) is 0 Å². The number of hydrogen-bond donors (Lipinski definition) is 1. The molecule has 0 saturated carbocycles. The fourth-order valence-electron chi connectivity index (χ4n) is 2.72. The summed E-state index contributed by atoms with van der Waals surface area (Å²) in [7, 11) is 4.04. The normalized spacial score (nSPS) is 20.1. The van der Waals surface area contributed by atoms with E-state index in [0.717, 1.165) is 43.4 Å². The fraction of sp³-hybridized carbons (Fsp3) is 0.769. The highest BCUT2D eigenvalue weighted by Gasteiger charge is 2.20. The first-order valence-electron chi connectivity index (χ1n) is 6.73. The Morgan fingerprint density at radius 3 is 2.89 bits per heavy atom. The van der Waals surface area contributed by atoms with Crippen molar-refractivity contribution < 1.29 is 4.74 Å². The first kappa shape index (κ1) is 13.2. The maximum atomic E-state index is 6.16. The summed E-state index contributed by atoms with van der Waals surface area (Å²) in [6.45, 7) is 4.83. The van der Waals surface area contributed by atoms with Gasteiger partial charge in [-0.25, -0.2) is 0 Å². The first-order valence-corrected chi connectivity index (χ1v) is 6.73. The minimum absolute atomic E-state index is 0.600. The third kappa shape index (κ3) is 2.61. The summed E-state index contributed by atoms with van der Waals surface area (Å²) in [5.41, 5.74) is 7.97. The van der Waals surface area contributed by atoms with Gasteiger partial charge in [-0.2, -0.15) is 5.10 Å². The highest BCUT2D eigenvalue weighted by molar-refractivity contribution is 5.66. The Hall–Kier alpha value is -1.23. The molecule has 0 radical (unpaired) electrons. The lowest BCUT2D eigenvalue weighted by Gasteiger charge is -2.28. The van der Waals surface area contributed by atoms with E-state index in [2.05, 4.69) is 24.0 Å². The van der Waals surface area contributed by atoms with Gasteiger partial charge in [0.2, 0.25) is 0 Å². The van der Waals surface area contributed by atoms with Crippen molar-refractivity contribution in [2.24, 2.45) is 13.0 Å². The van der Waals surface area contributed by atoms with Crippen LogP contribution in [0.2, 0.25) is 0 Å². The van der Waals surface area contributed by atoms with Crippen molar-refractivity contribution >= 4 is 11.5 Å². The molecule has 0 amide bonds. The molecule has 0 bridgehead atoms. The molecule has 0 aromatic carbocycles. The second-order valence-corrected chi connectivity index (χ2v) is 5.12. The monoisotopic (exact) mass is 252 g/mol. The smallest absolute Gasteiger partial charge is 0.150 e. The molecule has 2 rings (SSSR count). The molecule has 1 fully saturated rings. The van der Waals surface area contributed by atoms with E-state index >= 15 is 0 Å². The van der Waals surface area contributed by atoms with Gasteiger partial charge in [-0.05, 0) is 25.2 Å². The average Bonchev–Trinajstić information content (AvgIpc) is 2.65. The molecule has 1 aromatic rings. The molecular formula is C13H24N4O. The lowest BCUT2D eigenvalue weighted by Crippen LogP contribution is -2.32. The van der Waals surface area contributed by atoms with E-state index in [0.29, 0.717) is 5.92 Å². The largest absolute Gasteiger partial charge is 0.394 e. The van der Waals surface area contributed by atoms with E-state index in [1.54, 1.807) is 0 Å². The van der Waals surface area contributed by atoms with E-state index in [1.165, 1.54) is 12.8 Å². The van der Waals surface area contributed by atoms with Crippen LogP contribution in [0.15, 0.2) is 0 Å². The number of nitrogens with zero attached hydrogens (tertiary/aromatic N) is 3. The van der Waals surface area contributed by atoms with Crippen LogP contribution in [-0.4, -0.2) is 36.6 Å². The third-order valence-corrected chi connectivity index (χ3v) is 3.61. The standard InChI is InChI=1S/C13H24N4O/c1-4-11-12(14)13(17(3)15-11)16(2)8-10-6-5-7-18-9-10/h10H,4-9,14H2,1-3H3. The van der Waals surface area contributed by atoms with Gasteiger partial charge in [0.05, 0.1) is 18.0 Å². The Kier molecular flexibility index (Phi) is 4.11. The minimum atomic E-state index is 0.600. The molecule has 2 N–H and O–H groups in total. The van der Waals surface area contributed by atoms with Gasteiger partial charge in [0.25, 0.3) is 0 Å². The summed E-state index contributed by atoms with van der Waals surface area (Å²) in [4.78, 5) is 2.21. The molecule has 1 atom stereocenters. The summed E-state index contributed by atoms with van der Waals surface area (Å²) in [5.74, 6) is 1.63. The van der Waals surface area contributed by atoms with Crippen LogP contribution in [0, 0.1) is 5.92 Å². The molecule has 5 heteroatoms. The zero-order chi connectivity index (χ0) is 13.1. The number of rotatable bonds is 4. The second kappa shape index (κ2) is 5.61. The van der Waals surface area contributed by atoms with Crippen molar-refractivity contribution in [3.05, 3.63) is 5.69 Å². The minimum Gasteiger partial charge on any atom is -0.394 e. The van der Waals surface area contributed by atoms with Gasteiger partial charge >= 0.3 is 0 Å². The lowest BCUT2D eigenvalue weighted by molar-refractivity contribution is 0.0575. The molecule has 0 aliphatic carbocycles. The summed E-state index contributed by atoms with van der Waals surface area (Å²) in [5, 5.41) is 4.46. The molecule has 18 heavy (non-hydrogen) atoms. The van der Waals surface area contributed by atoms with Gasteiger partial charge in [0.1, 0.15) is 5.82 Å². The predicted molar refractivity (Wildman–Crippen MR) is 73.8 cm³/mol. The quantitative estimate of drug-likeness (QED) is 0.880. The van der Waals surface area contributed by atoms with Crippen molar-refractivity contribution in [2.75, 3.05) is 37.4 Å². The number of nitrogens with two attached hydrogens (primary N) is 1. The molecule has 2 heterocycles. The van der Waals surface area contributed by atoms with Gasteiger partial charge < -0.3 is 15.4 Å². The zero-order valence-electron chi connectivity index (χ0n) is 11.6. The van der Waals surface area contributed by atoms with Crippen LogP contribution in [0.25, 0.3) is 0 Å². The molecular weight excluding hydrogens is 228 g/mol. The van der Waals surface area contributed by atoms with Gasteiger partial charge in [-0.1, -0.05) is 6.92 Å². The van der Waals surface area contributed by atoms with E-state index in [-0.39, 0.29) is 0 Å². The van der Waals surface area contributed by atoms with E-state index in [1.807, 2.05) is 11.7 Å². The maximum absolute atomic E-state index is 6.16. The number of aryl methyl sites for hydroxylation is 2. The Morgan fingerprint density at radius 2 is 2.33 bits per heavy atom. The molecule has 1 aromatic heterocycles. The molecule has 1 unspecified atom stereocenters. The highest BCUT2D eigenvalue weighted by Crippen LogP contribution is 2.27. The van der Waals surface area contributed by atoms with Crippen molar-refractivity contribution in [3.63, 3.8) is 0 Å². The molecule has 1 saturated heterocycles. The summed E-state index contributed by atoms with van der Waals surface area (Å²) < 4.78 is 7.41. The predicted octanol–water partition coefficient (Wildman–Crippen LogP) is 1.43. The van der Waals surface area contributed by atoms with Gasteiger partial charge in [0, 0.05) is 27.2 Å². The summed E-state index contributed by atoms with van der Waals surface area (Å²) >= 11 is 0. The van der Waals surface area contributed by atoms with Crippen molar-refractivity contribution in [2.45, 2.75) is 26.2 Å². The van der Waals surface area contributed by atoms with Crippen molar-refractivity contribution in [3.8, 4) is 0 Å². The zero-order valence-corrected chi connectivity index (χ0v) is 11.6. The summed E-state index contributed by atoms with van der Waals surface area (Å²) in [6.07, 6.45) is 3.28. The molecule has 1 aliphatic rings. The third-order valence-electron chi connectivity index (χ3n) is 3.61. The lowest BCUT2D eigenvalue weighted by atomic mass is 10.0. The maximum Gasteiger partial charge on any atom is 0.150 e. The Labute approximate surface area is 109 Å². The van der Waals surface area contributed by atoms with Crippen LogP contribution in [-0.2, 0) is 18.2 Å². The number of hydrogen-bond acceptors (Lipinski definition) is 4. The number of ether oxygens (including phenoxy) is 1. The fourth-order valence-corrected chi connectivity index (χ4v) is 2.72. The van der Waals surface area contributed by atoms with Gasteiger partial charge in [-0.15, -0.1) is 0 Å². The van der Waals surface area contributed by atoms with E-state index in [4.69, 9.17) is 10.5 Å². The van der Waals surface area contributed by atoms with Crippen LogP contribution in [0.3, 0.4) is 0 Å². The Balaban J connectivity index is 2.07. The first-order chi connectivity index (χ1) is 8.63. The van der Waals surface area contributed by atoms with Crippen LogP contribution >= 0.6 is 0 Å². The number of anilines is 2. The SMILES string of the molecule is CCc1nn(C)c(N(C)CC2CCCOC2)c1N. The van der Waals surface area contributed by atoms with Crippen LogP contribution in [0.4, 0.5) is 11.5 Å².